The van der Waals surface area contributed by atoms with E-state index < -0.39 is 5.97 Å². The first kappa shape index (κ1) is 40.7. The average Bonchev–Trinajstić information content (AvgIpc) is 3.59. The van der Waals surface area contributed by atoms with Crippen molar-refractivity contribution in [3.63, 3.8) is 0 Å². The Hall–Kier alpha value is -4.68. The fraction of sp³-hybridized carbons (Fsp3) is 0.565. The van der Waals surface area contributed by atoms with Crippen LogP contribution in [0.15, 0.2) is 36.0 Å². The number of fused-ring (bicyclic) bond motifs is 2. The maximum atomic E-state index is 12.9. The summed E-state index contributed by atoms with van der Waals surface area (Å²) >= 11 is 1.57. The lowest BCUT2D eigenvalue weighted by Crippen LogP contribution is -2.65. The van der Waals surface area contributed by atoms with Crippen molar-refractivity contribution in [1.29, 1.82) is 5.26 Å². The molecule has 2 unspecified atom stereocenters. The molecule has 14 heteroatoms. The van der Waals surface area contributed by atoms with Crippen LogP contribution in [0.5, 0.6) is 0 Å². The Bertz CT molecular complexity index is 2400. The minimum Gasteiger partial charge on any atom is -0.476 e. The predicted octanol–water partition coefficient (Wildman–Crippen LogP) is 7.85. The van der Waals surface area contributed by atoms with E-state index in [-0.39, 0.29) is 27.5 Å². The van der Waals surface area contributed by atoms with Gasteiger partial charge in [-0.05, 0) is 125 Å². The molecule has 4 aliphatic carbocycles. The third kappa shape index (κ3) is 7.74. The normalized spacial score (nSPS) is 28.1. The van der Waals surface area contributed by atoms with Crippen molar-refractivity contribution >= 4 is 55.7 Å². The van der Waals surface area contributed by atoms with Gasteiger partial charge in [-0.3, -0.25) is 4.90 Å². The van der Waals surface area contributed by atoms with Crippen LogP contribution in [0.2, 0.25) is 0 Å². The number of hydrogen-bond acceptors (Lipinski definition) is 13. The fourth-order valence-electron chi connectivity index (χ4n) is 12.5. The van der Waals surface area contributed by atoms with Gasteiger partial charge in [0.05, 0.1) is 28.0 Å². The van der Waals surface area contributed by atoms with Crippen LogP contribution in [0.1, 0.15) is 98.5 Å². The van der Waals surface area contributed by atoms with E-state index in [1.807, 2.05) is 18.7 Å². The van der Waals surface area contributed by atoms with E-state index in [1.165, 1.54) is 6.42 Å². The van der Waals surface area contributed by atoms with E-state index >= 15 is 0 Å². The van der Waals surface area contributed by atoms with E-state index in [4.69, 9.17) is 14.7 Å². The molecule has 6 aliphatic rings. The van der Waals surface area contributed by atoms with Gasteiger partial charge in [0, 0.05) is 68.2 Å². The molecule has 2 aliphatic heterocycles. The number of thiazole rings is 1. The van der Waals surface area contributed by atoms with Crippen LogP contribution in [-0.4, -0.2) is 106 Å². The van der Waals surface area contributed by atoms with Crippen molar-refractivity contribution in [3.05, 3.63) is 64.0 Å². The number of rotatable bonds is 12. The van der Waals surface area contributed by atoms with Crippen molar-refractivity contribution in [1.82, 2.24) is 35.3 Å². The maximum Gasteiger partial charge on any atom is 0.355 e. The molecule has 4 aromatic rings. The molecule has 1 saturated heterocycles. The lowest BCUT2D eigenvalue weighted by Gasteiger charge is -2.69. The Morgan fingerprint density at radius 2 is 1.75 bits per heavy atom. The molecule has 10 rings (SSSR count). The molecule has 4 saturated carbocycles. The predicted molar refractivity (Wildman–Crippen MR) is 236 cm³/mol. The molecule has 60 heavy (non-hydrogen) atoms. The number of carboxylic acids is 1. The highest BCUT2D eigenvalue weighted by Gasteiger charge is 2.66. The molecular weight excluding hydrogens is 773 g/mol. The second kappa shape index (κ2) is 15.3. The van der Waals surface area contributed by atoms with Gasteiger partial charge < -0.3 is 30.3 Å². The molecule has 316 valence electrons. The number of aromatic carboxylic acids is 1. The Kier molecular flexibility index (Phi) is 10.4. The van der Waals surface area contributed by atoms with E-state index in [0.717, 1.165) is 116 Å². The molecule has 2 atom stereocenters. The number of allylic oxidation sites excluding steroid dienone is 2. The number of benzene rings is 1. The Labute approximate surface area is 357 Å². The fourth-order valence-corrected chi connectivity index (χ4v) is 13.3. The van der Waals surface area contributed by atoms with Crippen LogP contribution in [0.25, 0.3) is 15.8 Å². The van der Waals surface area contributed by atoms with Crippen molar-refractivity contribution in [2.45, 2.75) is 91.6 Å². The summed E-state index contributed by atoms with van der Waals surface area (Å²) in [4.78, 5) is 29.2. The topological polar surface area (TPSA) is 156 Å². The second-order valence-electron chi connectivity index (χ2n) is 19.5. The van der Waals surface area contributed by atoms with Gasteiger partial charge in [-0.2, -0.15) is 5.26 Å². The number of nitrogens with one attached hydrogen (secondary N) is 2. The van der Waals surface area contributed by atoms with E-state index in [2.05, 4.69) is 82.7 Å². The number of carboxylic acid groups (broad SMARTS) is 1. The number of aromatic nitrogens is 4. The third-order valence-electron chi connectivity index (χ3n) is 14.1. The minimum absolute atomic E-state index is 0.0232. The smallest absolute Gasteiger partial charge is 0.355 e. The highest BCUT2D eigenvalue weighted by atomic mass is 32.1. The number of piperazine rings is 1. The van der Waals surface area contributed by atoms with Crippen LogP contribution in [0.3, 0.4) is 0 Å². The number of likely N-dealkylation sites (N-methyl/N-ethyl adjacent to an activating group) is 1. The highest BCUT2D eigenvalue weighted by Crippen LogP contribution is 2.71. The molecule has 5 heterocycles. The van der Waals surface area contributed by atoms with Crippen LogP contribution >= 0.6 is 11.3 Å². The lowest BCUT2D eigenvalue weighted by molar-refractivity contribution is -0.244. The number of hydrogen-bond donors (Lipinski definition) is 3. The maximum absolute atomic E-state index is 12.9. The molecule has 0 amide bonds. The summed E-state index contributed by atoms with van der Waals surface area (Å²) in [6.45, 7) is 18.4. The molecule has 13 nitrogen and oxygen atoms in total. The summed E-state index contributed by atoms with van der Waals surface area (Å²) in [5.74, 6) is 0.584. The molecule has 5 fully saturated rings. The van der Waals surface area contributed by atoms with E-state index in [9.17, 15) is 15.2 Å². The summed E-state index contributed by atoms with van der Waals surface area (Å²) < 4.78 is 8.11. The standard InChI is InChI=1S/C46H58N10O3S/c1-29-9-11-36-35(20-29)49-42(60-36)51-39-30(2)32-8-7-13-56(40(32)53-52-39)37-12-10-33(38(50-37)41(57)58)34(21-47)31(3)48-28-45-23-43(4)22-44(5,24-45)26-46(25-43,27-45)59-19-18-55-16-14-54(6)15-17-55/h9-12,20,48H,7-8,13-19,22-28H2,1-6H3,(H,57,58)(H,49,51,52)/b34-31+. The van der Waals surface area contributed by atoms with Crippen molar-refractivity contribution in [3.8, 4) is 6.07 Å². The molecule has 0 radical (unpaired) electrons. The van der Waals surface area contributed by atoms with Gasteiger partial charge in [0.25, 0.3) is 0 Å². The number of carbonyl (C=O) groups is 1. The summed E-state index contributed by atoms with van der Waals surface area (Å²) in [5, 5.41) is 38.2. The summed E-state index contributed by atoms with van der Waals surface area (Å²) in [6.07, 6.45) is 8.32. The van der Waals surface area contributed by atoms with Crippen molar-refractivity contribution in [2.75, 3.05) is 69.7 Å². The second-order valence-corrected chi connectivity index (χ2v) is 20.6. The highest BCUT2D eigenvalue weighted by molar-refractivity contribution is 7.22. The van der Waals surface area contributed by atoms with Gasteiger partial charge in [0.2, 0.25) is 0 Å². The van der Waals surface area contributed by atoms with Crippen LogP contribution < -0.4 is 15.5 Å². The molecular formula is C46H58N10O3S. The van der Waals surface area contributed by atoms with Crippen LogP contribution in [0.4, 0.5) is 22.6 Å². The minimum atomic E-state index is -1.19. The lowest BCUT2D eigenvalue weighted by atomic mass is 9.39. The van der Waals surface area contributed by atoms with Gasteiger partial charge in [-0.25, -0.2) is 14.8 Å². The first-order valence-electron chi connectivity index (χ1n) is 21.6. The zero-order valence-corrected chi connectivity index (χ0v) is 36.8. The van der Waals surface area contributed by atoms with Gasteiger partial charge in [0.15, 0.2) is 22.5 Å². The summed E-state index contributed by atoms with van der Waals surface area (Å²) in [5.41, 5.74) is 5.50. The van der Waals surface area contributed by atoms with Gasteiger partial charge >= 0.3 is 5.97 Å². The first-order valence-corrected chi connectivity index (χ1v) is 22.4. The quantitative estimate of drug-likeness (QED) is 0.119. The van der Waals surface area contributed by atoms with Crippen molar-refractivity contribution in [2.24, 2.45) is 16.2 Å². The molecule has 1 aromatic carbocycles. The van der Waals surface area contributed by atoms with Gasteiger partial charge in [0.1, 0.15) is 11.9 Å². The Morgan fingerprint density at radius 3 is 2.48 bits per heavy atom. The average molecular weight is 831 g/mol. The van der Waals surface area contributed by atoms with E-state index in [0.29, 0.717) is 47.4 Å². The molecule has 0 spiro atoms. The largest absolute Gasteiger partial charge is 0.476 e. The Morgan fingerprint density at radius 1 is 0.983 bits per heavy atom. The number of nitriles is 1. The summed E-state index contributed by atoms with van der Waals surface area (Å²) in [7, 11) is 2.19. The monoisotopic (exact) mass is 830 g/mol. The van der Waals surface area contributed by atoms with Gasteiger partial charge in [-0.1, -0.05) is 31.3 Å². The number of pyridine rings is 1. The van der Waals surface area contributed by atoms with Crippen LogP contribution in [0, 0.1) is 41.4 Å². The Balaban J connectivity index is 0.932. The number of aryl methyl sites for hydroxylation is 1. The summed E-state index contributed by atoms with van der Waals surface area (Å²) in [6, 6.07) is 12.1. The van der Waals surface area contributed by atoms with Gasteiger partial charge in [-0.15, -0.1) is 10.2 Å². The number of anilines is 4. The van der Waals surface area contributed by atoms with Crippen molar-refractivity contribution < 1.29 is 14.6 Å². The third-order valence-corrected chi connectivity index (χ3v) is 15.0. The molecule has 3 N–H and O–H groups in total. The zero-order chi connectivity index (χ0) is 42.0. The van der Waals surface area contributed by atoms with E-state index in [1.54, 1.807) is 23.5 Å². The first-order chi connectivity index (χ1) is 28.7. The molecule has 3 aromatic heterocycles. The number of nitrogens with zero attached hydrogens (tertiary/aromatic N) is 8. The van der Waals surface area contributed by atoms with Crippen LogP contribution in [-0.2, 0) is 11.2 Å². The number of ether oxygens (including phenoxy) is 1. The SMILES string of the molecule is C/C(NCC12CC3(C)CC(C)(C1)CC(OCCN1CCN(C)CC1)(C3)C2)=C(/C#N)c1ccc(N2CCCc3c2nnc(Nc2nc4cc(C)ccc4s2)c3C)nc1C(=O)O. The molecule has 4 bridgehead atoms. The zero-order valence-electron chi connectivity index (χ0n) is 36.0.